The van der Waals surface area contributed by atoms with E-state index in [1.165, 1.54) is 17.7 Å². The number of thiazole rings is 1. The van der Waals surface area contributed by atoms with Crippen molar-refractivity contribution < 1.29 is 4.79 Å². The van der Waals surface area contributed by atoms with Gasteiger partial charge in [0.25, 0.3) is 0 Å². The maximum Gasteiger partial charge on any atom is 0.156 e. The third-order valence-corrected chi connectivity index (χ3v) is 2.95. The van der Waals surface area contributed by atoms with Crippen molar-refractivity contribution in [3.63, 3.8) is 0 Å². The number of nitrogens with one attached hydrogen (secondary N) is 1. The fourth-order valence-electron chi connectivity index (χ4n) is 1.12. The number of carbonyl (C=O) groups is 1. The average Bonchev–Trinajstić information content (AvgIpc) is 2.79. The highest BCUT2D eigenvalue weighted by molar-refractivity contribution is 7.09. The molecule has 0 atom stereocenters. The molecule has 16 heavy (non-hydrogen) atoms. The van der Waals surface area contributed by atoms with Gasteiger partial charge in [-0.3, -0.25) is 9.78 Å². The van der Waals surface area contributed by atoms with Crippen molar-refractivity contribution in [2.45, 2.75) is 6.54 Å². The highest BCUT2D eigenvalue weighted by Crippen LogP contribution is 2.18. The van der Waals surface area contributed by atoms with E-state index in [2.05, 4.69) is 20.3 Å². The Hall–Kier alpha value is -1.53. The lowest BCUT2D eigenvalue weighted by atomic mass is 10.3. The molecular weight excluding hydrogens is 248 g/mol. The van der Waals surface area contributed by atoms with Gasteiger partial charge < -0.3 is 5.32 Å². The first-order chi connectivity index (χ1) is 7.81. The SMILES string of the molecule is O=Cc1c(Cl)ncnc1NCc1cncs1. The Bertz CT molecular complexity index is 488. The predicted molar refractivity (Wildman–Crippen MR) is 61.9 cm³/mol. The molecule has 0 bridgehead atoms. The molecule has 0 aromatic carbocycles. The van der Waals surface area contributed by atoms with E-state index in [4.69, 9.17) is 11.6 Å². The van der Waals surface area contributed by atoms with E-state index in [1.54, 1.807) is 11.7 Å². The van der Waals surface area contributed by atoms with Gasteiger partial charge in [-0.25, -0.2) is 9.97 Å². The van der Waals surface area contributed by atoms with Crippen molar-refractivity contribution >= 4 is 35.0 Å². The second-order valence-corrected chi connectivity index (χ2v) is 4.19. The molecule has 0 radical (unpaired) electrons. The highest BCUT2D eigenvalue weighted by Gasteiger charge is 2.08. The fraction of sp³-hybridized carbons (Fsp3) is 0.111. The average molecular weight is 255 g/mol. The summed E-state index contributed by atoms with van der Waals surface area (Å²) in [5.74, 6) is 0.434. The zero-order chi connectivity index (χ0) is 11.4. The van der Waals surface area contributed by atoms with Crippen LogP contribution in [-0.4, -0.2) is 21.2 Å². The molecular formula is C9H7ClN4OS. The van der Waals surface area contributed by atoms with Gasteiger partial charge in [-0.05, 0) is 0 Å². The predicted octanol–water partition coefficient (Wildman–Crippen LogP) is 2.01. The zero-order valence-electron chi connectivity index (χ0n) is 8.05. The van der Waals surface area contributed by atoms with Gasteiger partial charge in [0.05, 0.1) is 17.6 Å². The van der Waals surface area contributed by atoms with E-state index >= 15 is 0 Å². The van der Waals surface area contributed by atoms with Crippen molar-refractivity contribution in [1.82, 2.24) is 15.0 Å². The van der Waals surface area contributed by atoms with Gasteiger partial charge in [0.15, 0.2) is 6.29 Å². The number of halogens is 1. The summed E-state index contributed by atoms with van der Waals surface area (Å²) in [6.07, 6.45) is 3.70. The quantitative estimate of drug-likeness (QED) is 0.668. The maximum atomic E-state index is 10.8. The summed E-state index contributed by atoms with van der Waals surface area (Å²) in [5, 5.41) is 3.16. The van der Waals surface area contributed by atoms with Crippen LogP contribution in [0, 0.1) is 0 Å². The number of anilines is 1. The molecule has 0 amide bonds. The fourth-order valence-corrected chi connectivity index (χ4v) is 1.83. The lowest BCUT2D eigenvalue weighted by Gasteiger charge is -2.06. The van der Waals surface area contributed by atoms with Gasteiger partial charge in [-0.1, -0.05) is 11.6 Å². The van der Waals surface area contributed by atoms with E-state index in [1.807, 2.05) is 0 Å². The molecule has 1 N–H and O–H groups in total. The molecule has 0 aliphatic heterocycles. The van der Waals surface area contributed by atoms with Crippen LogP contribution in [0.2, 0.25) is 5.15 Å². The third kappa shape index (κ3) is 2.34. The summed E-state index contributed by atoms with van der Waals surface area (Å²) in [4.78, 5) is 23.5. The molecule has 2 rings (SSSR count). The number of hydrogen-bond donors (Lipinski definition) is 1. The van der Waals surface area contributed by atoms with Crippen LogP contribution in [0.15, 0.2) is 18.0 Å². The Morgan fingerprint density at radius 1 is 1.50 bits per heavy atom. The van der Waals surface area contributed by atoms with Crippen LogP contribution < -0.4 is 5.32 Å². The van der Waals surface area contributed by atoms with Gasteiger partial charge in [-0.15, -0.1) is 11.3 Å². The molecule has 82 valence electrons. The van der Waals surface area contributed by atoms with E-state index < -0.39 is 0 Å². The minimum Gasteiger partial charge on any atom is -0.364 e. The zero-order valence-corrected chi connectivity index (χ0v) is 9.63. The standard InChI is InChI=1S/C9H7ClN4OS/c10-8-7(3-15)9(14-4-13-8)12-2-6-1-11-5-16-6/h1,3-5H,2H2,(H,12,13,14). The Morgan fingerprint density at radius 2 is 2.38 bits per heavy atom. The molecule has 0 fully saturated rings. The van der Waals surface area contributed by atoms with Crippen LogP contribution in [0.1, 0.15) is 15.2 Å². The summed E-state index contributed by atoms with van der Waals surface area (Å²) in [6.45, 7) is 0.554. The van der Waals surface area contributed by atoms with Crippen LogP contribution in [-0.2, 0) is 6.54 Å². The molecule has 5 nitrogen and oxygen atoms in total. The topological polar surface area (TPSA) is 67.8 Å². The van der Waals surface area contributed by atoms with Crippen LogP contribution in [0.3, 0.4) is 0 Å². The normalized spacial score (nSPS) is 10.1. The summed E-state index contributed by atoms with van der Waals surface area (Å²) in [5.41, 5.74) is 2.01. The van der Waals surface area contributed by atoms with Crippen molar-refractivity contribution in [2.24, 2.45) is 0 Å². The summed E-state index contributed by atoms with van der Waals surface area (Å²) in [6, 6.07) is 0. The van der Waals surface area contributed by atoms with E-state index in [0.717, 1.165) is 4.88 Å². The Labute approximate surface area is 101 Å². The van der Waals surface area contributed by atoms with Crippen molar-refractivity contribution in [3.05, 3.63) is 33.6 Å². The second kappa shape index (κ2) is 5.00. The largest absolute Gasteiger partial charge is 0.364 e. The lowest BCUT2D eigenvalue weighted by molar-refractivity contribution is 0.112. The minimum absolute atomic E-state index is 0.150. The van der Waals surface area contributed by atoms with E-state index in [9.17, 15) is 4.79 Å². The van der Waals surface area contributed by atoms with Crippen LogP contribution >= 0.6 is 22.9 Å². The smallest absolute Gasteiger partial charge is 0.156 e. The van der Waals surface area contributed by atoms with E-state index in [-0.39, 0.29) is 10.7 Å². The van der Waals surface area contributed by atoms with Crippen molar-refractivity contribution in [1.29, 1.82) is 0 Å². The first-order valence-corrected chi connectivity index (χ1v) is 5.64. The Morgan fingerprint density at radius 3 is 3.06 bits per heavy atom. The molecule has 2 heterocycles. The van der Waals surface area contributed by atoms with Gasteiger partial charge in [0, 0.05) is 11.1 Å². The first-order valence-electron chi connectivity index (χ1n) is 4.38. The Balaban J connectivity index is 2.15. The van der Waals surface area contributed by atoms with Crippen LogP contribution in [0.4, 0.5) is 5.82 Å². The monoisotopic (exact) mass is 254 g/mol. The van der Waals surface area contributed by atoms with E-state index in [0.29, 0.717) is 18.6 Å². The molecule has 0 saturated heterocycles. The number of aldehydes is 1. The Kier molecular flexibility index (Phi) is 3.43. The molecule has 0 unspecified atom stereocenters. The molecule has 2 aromatic rings. The van der Waals surface area contributed by atoms with Crippen LogP contribution in [0.25, 0.3) is 0 Å². The number of hydrogen-bond acceptors (Lipinski definition) is 6. The van der Waals surface area contributed by atoms with Crippen molar-refractivity contribution in [3.8, 4) is 0 Å². The molecule has 0 aliphatic carbocycles. The molecule has 0 spiro atoms. The summed E-state index contributed by atoms with van der Waals surface area (Å²) < 4.78 is 0. The highest BCUT2D eigenvalue weighted by atomic mass is 35.5. The van der Waals surface area contributed by atoms with Gasteiger partial charge in [0.1, 0.15) is 17.3 Å². The molecule has 0 aliphatic rings. The number of rotatable bonds is 4. The first kappa shape index (κ1) is 11.0. The number of nitrogens with zero attached hydrogens (tertiary/aromatic N) is 3. The summed E-state index contributed by atoms with van der Waals surface area (Å²) >= 11 is 7.28. The third-order valence-electron chi connectivity index (χ3n) is 1.87. The lowest BCUT2D eigenvalue weighted by Crippen LogP contribution is -2.04. The van der Waals surface area contributed by atoms with Gasteiger partial charge in [-0.2, -0.15) is 0 Å². The molecule has 7 heteroatoms. The van der Waals surface area contributed by atoms with Crippen molar-refractivity contribution in [2.75, 3.05) is 5.32 Å². The van der Waals surface area contributed by atoms with Gasteiger partial charge >= 0.3 is 0 Å². The summed E-state index contributed by atoms with van der Waals surface area (Å²) in [7, 11) is 0. The van der Waals surface area contributed by atoms with Gasteiger partial charge in [0.2, 0.25) is 0 Å². The number of aromatic nitrogens is 3. The van der Waals surface area contributed by atoms with Crippen LogP contribution in [0.5, 0.6) is 0 Å². The maximum absolute atomic E-state index is 10.8. The minimum atomic E-state index is 0.150. The second-order valence-electron chi connectivity index (χ2n) is 2.87. The molecule has 0 saturated carbocycles. The molecule has 2 aromatic heterocycles. The number of carbonyl (C=O) groups excluding carboxylic acids is 1.